The van der Waals surface area contributed by atoms with E-state index < -0.39 is 5.97 Å². The molecule has 1 unspecified atom stereocenters. The molecule has 1 atom stereocenters. The average molecular weight is 322 g/mol. The lowest BCUT2D eigenvalue weighted by atomic mass is 10.1. The molecule has 1 aromatic rings. The van der Waals surface area contributed by atoms with Crippen LogP contribution in [0.5, 0.6) is 0 Å². The molecule has 0 aromatic carbocycles. The molecule has 23 heavy (non-hydrogen) atoms. The normalized spacial score (nSPS) is 18.3. The van der Waals surface area contributed by atoms with Crippen molar-refractivity contribution >= 4 is 17.8 Å². The lowest BCUT2D eigenvalue weighted by Crippen LogP contribution is -2.43. The van der Waals surface area contributed by atoms with Gasteiger partial charge < -0.3 is 19.3 Å². The maximum absolute atomic E-state index is 12.4. The summed E-state index contributed by atoms with van der Waals surface area (Å²) in [5.41, 5.74) is 0. The van der Waals surface area contributed by atoms with Crippen molar-refractivity contribution in [1.82, 2.24) is 9.80 Å². The lowest BCUT2D eigenvalue weighted by Gasteiger charge is -2.28. The summed E-state index contributed by atoms with van der Waals surface area (Å²) in [6, 6.07) is 3.25. The number of likely N-dealkylation sites (tertiary alicyclic amines) is 1. The maximum atomic E-state index is 12.4. The monoisotopic (exact) mass is 322 g/mol. The summed E-state index contributed by atoms with van der Waals surface area (Å²) in [4.78, 5) is 38.1. The number of hydrogen-bond acceptors (Lipinski definition) is 4. The van der Waals surface area contributed by atoms with Gasteiger partial charge in [-0.25, -0.2) is 0 Å². The van der Waals surface area contributed by atoms with E-state index in [4.69, 9.17) is 9.52 Å². The van der Waals surface area contributed by atoms with Gasteiger partial charge in [-0.1, -0.05) is 0 Å². The quantitative estimate of drug-likeness (QED) is 0.907. The van der Waals surface area contributed by atoms with Gasteiger partial charge in [-0.2, -0.15) is 0 Å². The van der Waals surface area contributed by atoms with Crippen LogP contribution >= 0.6 is 0 Å². The van der Waals surface area contributed by atoms with Crippen molar-refractivity contribution in [3.63, 3.8) is 0 Å². The molecule has 1 aromatic heterocycles. The number of carboxylic acid groups (broad SMARTS) is 1. The van der Waals surface area contributed by atoms with Crippen LogP contribution in [-0.4, -0.2) is 58.4 Å². The summed E-state index contributed by atoms with van der Waals surface area (Å²) in [5.74, 6) is -0.436. The topological polar surface area (TPSA) is 91.1 Å². The van der Waals surface area contributed by atoms with Gasteiger partial charge in [-0.05, 0) is 38.3 Å². The molecule has 1 aliphatic rings. The molecule has 126 valence electrons. The molecule has 2 heterocycles. The zero-order chi connectivity index (χ0) is 17.0. The number of carboxylic acids is 1. The highest BCUT2D eigenvalue weighted by Crippen LogP contribution is 2.19. The first-order valence-electron chi connectivity index (χ1n) is 7.73. The molecule has 0 spiro atoms. The summed E-state index contributed by atoms with van der Waals surface area (Å²) >= 11 is 0. The standard InChI is InChI=1S/C16H22N2O5/c1-11-5-6-14(23-11)16(22)17-8-3-4-13(7-9-17)18(12(2)19)10-15(20)21/h5-6,13H,3-4,7-10H2,1-2H3,(H,20,21). The van der Waals surface area contributed by atoms with Gasteiger partial charge in [0.25, 0.3) is 5.91 Å². The number of carbonyl (C=O) groups is 3. The Labute approximate surface area is 134 Å². The molecule has 0 radical (unpaired) electrons. The Morgan fingerprint density at radius 1 is 1.30 bits per heavy atom. The molecule has 0 saturated carbocycles. The maximum Gasteiger partial charge on any atom is 0.323 e. The minimum atomic E-state index is -1.02. The molecule has 0 aliphatic carbocycles. The molecule has 2 rings (SSSR count). The molecule has 1 saturated heterocycles. The average Bonchev–Trinajstić information content (AvgIpc) is 2.78. The zero-order valence-corrected chi connectivity index (χ0v) is 13.4. The minimum Gasteiger partial charge on any atom is -0.480 e. The molecule has 0 bridgehead atoms. The van der Waals surface area contributed by atoms with Crippen LogP contribution < -0.4 is 0 Å². The number of nitrogens with zero attached hydrogens (tertiary/aromatic N) is 2. The fourth-order valence-corrected chi connectivity index (χ4v) is 2.94. The second-order valence-electron chi connectivity index (χ2n) is 5.83. The Balaban J connectivity index is 2.02. The predicted molar refractivity (Wildman–Crippen MR) is 82.0 cm³/mol. The minimum absolute atomic E-state index is 0.153. The van der Waals surface area contributed by atoms with Crippen molar-refractivity contribution in [1.29, 1.82) is 0 Å². The van der Waals surface area contributed by atoms with Crippen LogP contribution in [0.15, 0.2) is 16.5 Å². The lowest BCUT2D eigenvalue weighted by molar-refractivity contribution is -0.145. The number of carbonyl (C=O) groups excluding carboxylic acids is 2. The summed E-state index contributed by atoms with van der Waals surface area (Å²) in [7, 11) is 0. The number of rotatable bonds is 4. The van der Waals surface area contributed by atoms with Crippen LogP contribution in [-0.2, 0) is 9.59 Å². The highest BCUT2D eigenvalue weighted by molar-refractivity contribution is 5.91. The van der Waals surface area contributed by atoms with Gasteiger partial charge in [0.2, 0.25) is 5.91 Å². The van der Waals surface area contributed by atoms with Gasteiger partial charge in [0.05, 0.1) is 0 Å². The van der Waals surface area contributed by atoms with Gasteiger partial charge in [-0.3, -0.25) is 14.4 Å². The highest BCUT2D eigenvalue weighted by Gasteiger charge is 2.28. The number of hydrogen-bond donors (Lipinski definition) is 1. The van der Waals surface area contributed by atoms with E-state index in [1.807, 2.05) is 0 Å². The first-order chi connectivity index (χ1) is 10.9. The van der Waals surface area contributed by atoms with Crippen LogP contribution in [0.3, 0.4) is 0 Å². The number of aliphatic carboxylic acids is 1. The summed E-state index contributed by atoms with van der Waals surface area (Å²) in [6.07, 6.45) is 1.98. The van der Waals surface area contributed by atoms with Crippen LogP contribution in [0.25, 0.3) is 0 Å². The van der Waals surface area contributed by atoms with Crippen LogP contribution in [0.2, 0.25) is 0 Å². The third-order valence-electron chi connectivity index (χ3n) is 4.09. The van der Waals surface area contributed by atoms with E-state index in [1.165, 1.54) is 11.8 Å². The Morgan fingerprint density at radius 2 is 2.04 bits per heavy atom. The third kappa shape index (κ3) is 4.34. The summed E-state index contributed by atoms with van der Waals surface area (Å²) in [5, 5.41) is 8.95. The molecule has 2 amide bonds. The van der Waals surface area contributed by atoms with Crippen molar-refractivity contribution in [2.24, 2.45) is 0 Å². The van der Waals surface area contributed by atoms with Crippen LogP contribution in [0.4, 0.5) is 0 Å². The molecular formula is C16H22N2O5. The van der Waals surface area contributed by atoms with E-state index in [1.54, 1.807) is 24.0 Å². The van der Waals surface area contributed by atoms with Crippen LogP contribution in [0.1, 0.15) is 42.5 Å². The summed E-state index contributed by atoms with van der Waals surface area (Å²) < 4.78 is 5.37. The van der Waals surface area contributed by atoms with Crippen LogP contribution in [0, 0.1) is 6.92 Å². The van der Waals surface area contributed by atoms with Gasteiger partial charge >= 0.3 is 5.97 Å². The van der Waals surface area contributed by atoms with Gasteiger partial charge in [0, 0.05) is 26.1 Å². The second-order valence-corrected chi connectivity index (χ2v) is 5.83. The van der Waals surface area contributed by atoms with Crippen molar-refractivity contribution in [2.45, 2.75) is 39.2 Å². The van der Waals surface area contributed by atoms with E-state index in [0.29, 0.717) is 37.5 Å². The van der Waals surface area contributed by atoms with E-state index in [0.717, 1.165) is 6.42 Å². The zero-order valence-electron chi connectivity index (χ0n) is 13.4. The number of furan rings is 1. The van der Waals surface area contributed by atoms with Crippen molar-refractivity contribution in [2.75, 3.05) is 19.6 Å². The van der Waals surface area contributed by atoms with E-state index in [2.05, 4.69) is 0 Å². The molecule has 1 fully saturated rings. The Hall–Kier alpha value is -2.31. The SMILES string of the molecule is CC(=O)N(CC(=O)O)C1CCCN(C(=O)c2ccc(C)o2)CC1. The fourth-order valence-electron chi connectivity index (χ4n) is 2.94. The van der Waals surface area contributed by atoms with Crippen molar-refractivity contribution in [3.05, 3.63) is 23.7 Å². The fraction of sp³-hybridized carbons (Fsp3) is 0.562. The molecule has 1 aliphatic heterocycles. The highest BCUT2D eigenvalue weighted by atomic mass is 16.4. The number of amides is 2. The van der Waals surface area contributed by atoms with E-state index >= 15 is 0 Å². The summed E-state index contributed by atoms with van der Waals surface area (Å²) in [6.45, 7) is 3.92. The van der Waals surface area contributed by atoms with Gasteiger partial charge in [-0.15, -0.1) is 0 Å². The second kappa shape index (κ2) is 7.30. The van der Waals surface area contributed by atoms with Crippen molar-refractivity contribution < 1.29 is 23.9 Å². The predicted octanol–water partition coefficient (Wildman–Crippen LogP) is 1.52. The molecule has 7 nitrogen and oxygen atoms in total. The first-order valence-corrected chi connectivity index (χ1v) is 7.73. The van der Waals surface area contributed by atoms with Crippen molar-refractivity contribution in [3.8, 4) is 0 Å². The Bertz CT molecular complexity index is 595. The van der Waals surface area contributed by atoms with E-state index in [-0.39, 0.29) is 24.4 Å². The largest absolute Gasteiger partial charge is 0.480 e. The third-order valence-corrected chi connectivity index (χ3v) is 4.09. The van der Waals surface area contributed by atoms with Gasteiger partial charge in [0.15, 0.2) is 5.76 Å². The first kappa shape index (κ1) is 17.1. The van der Waals surface area contributed by atoms with E-state index in [9.17, 15) is 14.4 Å². The Kier molecular flexibility index (Phi) is 5.41. The number of aryl methyl sites for hydroxylation is 1. The molecule has 1 N–H and O–H groups in total. The molecular weight excluding hydrogens is 300 g/mol. The Morgan fingerprint density at radius 3 is 2.61 bits per heavy atom. The smallest absolute Gasteiger partial charge is 0.323 e. The molecule has 7 heteroatoms. The van der Waals surface area contributed by atoms with Gasteiger partial charge in [0.1, 0.15) is 12.3 Å².